The molecule has 1 aromatic heterocycles. The summed E-state index contributed by atoms with van der Waals surface area (Å²) in [5, 5.41) is 8.39. The molecule has 0 bridgehead atoms. The van der Waals surface area contributed by atoms with Gasteiger partial charge in [-0.25, -0.2) is 9.55 Å². The molecule has 1 N–H and O–H groups in total. The van der Waals surface area contributed by atoms with Crippen molar-refractivity contribution in [3.63, 3.8) is 0 Å². The number of imidazole rings is 1. The van der Waals surface area contributed by atoms with Crippen molar-refractivity contribution in [3.05, 3.63) is 18.2 Å². The Balaban J connectivity index is 3.02. The number of halogens is 3. The van der Waals surface area contributed by atoms with Crippen LogP contribution >= 0.6 is 0 Å². The zero-order chi connectivity index (χ0) is 8.48. The van der Waals surface area contributed by atoms with E-state index in [4.69, 9.17) is 5.11 Å². The van der Waals surface area contributed by atoms with Crippen molar-refractivity contribution < 1.29 is 18.3 Å². The number of aliphatic hydroxyl groups is 1. The summed E-state index contributed by atoms with van der Waals surface area (Å²) in [5.41, 5.74) is 0. The Morgan fingerprint density at radius 3 is 2.55 bits per heavy atom. The van der Waals surface area contributed by atoms with Crippen LogP contribution in [-0.2, 0) is 12.9 Å². The normalized spacial score (nSPS) is 12.0. The van der Waals surface area contributed by atoms with Crippen molar-refractivity contribution in [1.29, 1.82) is 0 Å². The first-order valence-corrected chi connectivity index (χ1v) is 2.76. The van der Waals surface area contributed by atoms with Gasteiger partial charge >= 0.3 is 6.30 Å². The van der Waals surface area contributed by atoms with Crippen LogP contribution in [0.5, 0.6) is 0 Å². The van der Waals surface area contributed by atoms with Crippen LogP contribution < -0.4 is 0 Å². The molecule has 0 radical (unpaired) electrons. The average molecular weight is 166 g/mol. The maximum atomic E-state index is 11.9. The molecule has 1 rings (SSSR count). The van der Waals surface area contributed by atoms with Gasteiger partial charge in [0, 0.05) is 12.4 Å². The van der Waals surface area contributed by atoms with E-state index in [1.54, 1.807) is 0 Å². The Bertz CT molecular complexity index is 242. The fourth-order valence-corrected chi connectivity index (χ4v) is 0.682. The molecule has 1 heterocycles. The highest BCUT2D eigenvalue weighted by Crippen LogP contribution is 2.23. The summed E-state index contributed by atoms with van der Waals surface area (Å²) in [6.45, 7) is -0.716. The summed E-state index contributed by atoms with van der Waals surface area (Å²) in [7, 11) is 0. The van der Waals surface area contributed by atoms with Crippen molar-refractivity contribution >= 4 is 0 Å². The smallest absolute Gasteiger partial charge is 0.388 e. The van der Waals surface area contributed by atoms with Crippen LogP contribution in [-0.4, -0.2) is 14.7 Å². The van der Waals surface area contributed by atoms with Gasteiger partial charge in [-0.1, -0.05) is 0 Å². The first-order chi connectivity index (χ1) is 5.05. The van der Waals surface area contributed by atoms with E-state index in [0.29, 0.717) is 0 Å². The Morgan fingerprint density at radius 1 is 1.55 bits per heavy atom. The second-order valence-electron chi connectivity index (χ2n) is 1.84. The Labute approximate surface area is 60.1 Å². The van der Waals surface area contributed by atoms with E-state index in [9.17, 15) is 13.2 Å². The predicted octanol–water partition coefficient (Wildman–Crippen LogP) is 0.852. The molecule has 0 aromatic carbocycles. The van der Waals surface area contributed by atoms with Gasteiger partial charge < -0.3 is 5.11 Å². The molecule has 1 aromatic rings. The molecule has 0 aliphatic heterocycles. The molecule has 0 fully saturated rings. The third kappa shape index (κ3) is 1.51. The number of hydrogen-bond acceptors (Lipinski definition) is 2. The van der Waals surface area contributed by atoms with Crippen molar-refractivity contribution in [1.82, 2.24) is 9.55 Å². The lowest BCUT2D eigenvalue weighted by molar-refractivity contribution is -0.206. The largest absolute Gasteiger partial charge is 0.489 e. The van der Waals surface area contributed by atoms with Crippen LogP contribution in [0, 0.1) is 0 Å². The molecule has 0 spiro atoms. The van der Waals surface area contributed by atoms with Gasteiger partial charge in [-0.05, 0) is 0 Å². The van der Waals surface area contributed by atoms with Gasteiger partial charge in [0.2, 0.25) is 0 Å². The topological polar surface area (TPSA) is 38.1 Å². The van der Waals surface area contributed by atoms with Gasteiger partial charge in [0.15, 0.2) is 0 Å². The molecule has 11 heavy (non-hydrogen) atoms. The molecule has 62 valence electrons. The molecule has 0 aliphatic rings. The van der Waals surface area contributed by atoms with Gasteiger partial charge in [0.1, 0.15) is 12.4 Å². The summed E-state index contributed by atoms with van der Waals surface area (Å²) < 4.78 is 35.6. The van der Waals surface area contributed by atoms with E-state index in [-0.39, 0.29) is 4.57 Å². The zero-order valence-corrected chi connectivity index (χ0v) is 5.34. The minimum atomic E-state index is -4.49. The summed E-state index contributed by atoms with van der Waals surface area (Å²) >= 11 is 0. The van der Waals surface area contributed by atoms with Gasteiger partial charge in [0.05, 0.1) is 0 Å². The molecular formula is C5H5F3N2O. The van der Waals surface area contributed by atoms with Crippen molar-refractivity contribution in [2.75, 3.05) is 0 Å². The zero-order valence-electron chi connectivity index (χ0n) is 5.34. The first kappa shape index (κ1) is 8.06. The van der Waals surface area contributed by atoms with Crippen molar-refractivity contribution in [2.45, 2.75) is 12.9 Å². The minimum Gasteiger partial charge on any atom is -0.388 e. The molecule has 3 nitrogen and oxygen atoms in total. The maximum absolute atomic E-state index is 11.9. The number of rotatable bonds is 1. The summed E-state index contributed by atoms with van der Waals surface area (Å²) in [6, 6.07) is 0. The lowest BCUT2D eigenvalue weighted by Gasteiger charge is -2.08. The SMILES string of the molecule is OCc1nccn1C(F)(F)F. The highest BCUT2D eigenvalue weighted by molar-refractivity contribution is 4.91. The molecule has 0 unspecified atom stereocenters. The van der Waals surface area contributed by atoms with Crippen LogP contribution in [0.1, 0.15) is 5.82 Å². The van der Waals surface area contributed by atoms with Crippen molar-refractivity contribution in [3.8, 4) is 0 Å². The van der Waals surface area contributed by atoms with Gasteiger partial charge in [0.25, 0.3) is 0 Å². The quantitative estimate of drug-likeness (QED) is 0.671. The van der Waals surface area contributed by atoms with E-state index in [1.807, 2.05) is 0 Å². The highest BCUT2D eigenvalue weighted by atomic mass is 19.4. The Morgan fingerprint density at radius 2 is 2.18 bits per heavy atom. The molecule has 0 atom stereocenters. The maximum Gasteiger partial charge on any atom is 0.489 e. The van der Waals surface area contributed by atoms with Crippen LogP contribution in [0.3, 0.4) is 0 Å². The van der Waals surface area contributed by atoms with Crippen molar-refractivity contribution in [2.24, 2.45) is 0 Å². The fraction of sp³-hybridized carbons (Fsp3) is 0.400. The van der Waals surface area contributed by atoms with Gasteiger partial charge in [-0.3, -0.25) is 0 Å². The number of aliphatic hydroxyl groups excluding tert-OH is 1. The Hall–Kier alpha value is -1.04. The second-order valence-corrected chi connectivity index (χ2v) is 1.84. The minimum absolute atomic E-state index is 0.0347. The molecule has 0 saturated carbocycles. The average Bonchev–Trinajstić information content (AvgIpc) is 2.31. The van der Waals surface area contributed by atoms with Gasteiger partial charge in [-0.15, -0.1) is 13.2 Å². The molecule has 6 heteroatoms. The monoisotopic (exact) mass is 166 g/mol. The molecule has 0 amide bonds. The number of hydrogen-bond donors (Lipinski definition) is 1. The number of aromatic nitrogens is 2. The lowest BCUT2D eigenvalue weighted by atomic mass is 10.6. The summed E-state index contributed by atoms with van der Waals surface area (Å²) in [5.74, 6) is -0.405. The molecular weight excluding hydrogens is 161 g/mol. The van der Waals surface area contributed by atoms with E-state index in [0.717, 1.165) is 12.4 Å². The lowest BCUT2D eigenvalue weighted by Crippen LogP contribution is -2.18. The first-order valence-electron chi connectivity index (χ1n) is 2.76. The van der Waals surface area contributed by atoms with Crippen LogP contribution in [0.4, 0.5) is 13.2 Å². The Kier molecular flexibility index (Phi) is 1.86. The van der Waals surface area contributed by atoms with E-state index < -0.39 is 18.7 Å². The van der Waals surface area contributed by atoms with Crippen LogP contribution in [0.15, 0.2) is 12.4 Å². The fourth-order valence-electron chi connectivity index (χ4n) is 0.682. The summed E-state index contributed by atoms with van der Waals surface area (Å²) in [4.78, 5) is 3.29. The standard InChI is InChI=1S/C5H5F3N2O/c6-5(7,8)10-2-1-9-4(10)3-11/h1-2,11H,3H2. The third-order valence-electron chi connectivity index (χ3n) is 1.13. The van der Waals surface area contributed by atoms with Gasteiger partial charge in [-0.2, -0.15) is 0 Å². The molecule has 0 saturated heterocycles. The van der Waals surface area contributed by atoms with E-state index in [2.05, 4.69) is 4.98 Å². The predicted molar refractivity (Wildman–Crippen MR) is 29.4 cm³/mol. The second kappa shape index (κ2) is 2.54. The van der Waals surface area contributed by atoms with E-state index >= 15 is 0 Å². The van der Waals surface area contributed by atoms with E-state index in [1.165, 1.54) is 0 Å². The number of alkyl halides is 3. The third-order valence-corrected chi connectivity index (χ3v) is 1.13. The highest BCUT2D eigenvalue weighted by Gasteiger charge is 2.32. The molecule has 0 aliphatic carbocycles. The number of nitrogens with zero attached hydrogens (tertiary/aromatic N) is 2. The summed E-state index contributed by atoms with van der Waals surface area (Å²) in [6.07, 6.45) is -2.75. The van der Waals surface area contributed by atoms with Crippen LogP contribution in [0.2, 0.25) is 0 Å². The van der Waals surface area contributed by atoms with Crippen LogP contribution in [0.25, 0.3) is 0 Å².